The molecule has 1 saturated heterocycles. The van der Waals surface area contributed by atoms with Crippen LogP contribution in [0.1, 0.15) is 52.0 Å². The van der Waals surface area contributed by atoms with Crippen LogP contribution in [0.4, 0.5) is 5.69 Å². The van der Waals surface area contributed by atoms with Crippen molar-refractivity contribution in [2.75, 3.05) is 18.5 Å². The molecule has 0 spiro atoms. The molecule has 1 fully saturated rings. The third kappa shape index (κ3) is 4.85. The lowest BCUT2D eigenvalue weighted by atomic mass is 9.86. The Hall–Kier alpha value is -1.35. The van der Waals surface area contributed by atoms with Gasteiger partial charge in [-0.1, -0.05) is 39.0 Å². The molecule has 116 valence electrons. The summed E-state index contributed by atoms with van der Waals surface area (Å²) < 4.78 is 5.35. The first kappa shape index (κ1) is 16.0. The minimum atomic E-state index is 0.0323. The number of carbonyl (C=O) groups is 1. The summed E-state index contributed by atoms with van der Waals surface area (Å²) in [4.78, 5) is 12.2. The Balaban J connectivity index is 1.90. The summed E-state index contributed by atoms with van der Waals surface area (Å²) in [5, 5.41) is 3.09. The molecular weight excluding hydrogens is 262 g/mol. The average Bonchev–Trinajstić information content (AvgIpc) is 2.46. The van der Waals surface area contributed by atoms with Crippen LogP contribution in [0.2, 0.25) is 0 Å². The Morgan fingerprint density at radius 2 is 1.90 bits per heavy atom. The van der Waals surface area contributed by atoms with Gasteiger partial charge < -0.3 is 10.1 Å². The molecule has 1 aromatic carbocycles. The second-order valence-corrected chi connectivity index (χ2v) is 6.94. The van der Waals surface area contributed by atoms with Gasteiger partial charge in [-0.2, -0.15) is 0 Å². The molecule has 0 unspecified atom stereocenters. The molecule has 21 heavy (non-hydrogen) atoms. The predicted molar refractivity (Wildman–Crippen MR) is 86.5 cm³/mol. The van der Waals surface area contributed by atoms with Crippen molar-refractivity contribution in [3.8, 4) is 0 Å². The van der Waals surface area contributed by atoms with E-state index in [0.717, 1.165) is 38.2 Å². The smallest absolute Gasteiger partial charge is 0.224 e. The summed E-state index contributed by atoms with van der Waals surface area (Å²) in [6.07, 6.45) is 3.74. The number of rotatable bonds is 4. The number of hydrogen-bond acceptors (Lipinski definition) is 2. The normalized spacial score (nSPS) is 16.7. The van der Waals surface area contributed by atoms with Crippen LogP contribution in [0.3, 0.4) is 0 Å². The molecule has 0 atom stereocenters. The monoisotopic (exact) mass is 289 g/mol. The van der Waals surface area contributed by atoms with Crippen molar-refractivity contribution in [1.29, 1.82) is 0 Å². The van der Waals surface area contributed by atoms with Gasteiger partial charge in [-0.15, -0.1) is 0 Å². The van der Waals surface area contributed by atoms with Crippen LogP contribution in [0.5, 0.6) is 0 Å². The van der Waals surface area contributed by atoms with E-state index < -0.39 is 0 Å². The SMILES string of the molecule is CC(C)(C)c1ccccc1NC(=O)CCC1CCOCC1. The summed E-state index contributed by atoms with van der Waals surface area (Å²) in [7, 11) is 0. The fourth-order valence-corrected chi connectivity index (χ4v) is 2.83. The molecule has 0 radical (unpaired) electrons. The minimum Gasteiger partial charge on any atom is -0.381 e. The molecule has 1 N–H and O–H groups in total. The number of amides is 1. The van der Waals surface area contributed by atoms with Crippen molar-refractivity contribution in [3.05, 3.63) is 29.8 Å². The zero-order valence-corrected chi connectivity index (χ0v) is 13.4. The molecular formula is C18H27NO2. The number of benzene rings is 1. The van der Waals surface area contributed by atoms with Crippen molar-refractivity contribution >= 4 is 11.6 Å². The van der Waals surface area contributed by atoms with Crippen LogP contribution in [-0.2, 0) is 14.9 Å². The van der Waals surface area contributed by atoms with Crippen LogP contribution >= 0.6 is 0 Å². The number of anilines is 1. The molecule has 3 nitrogen and oxygen atoms in total. The maximum absolute atomic E-state index is 12.2. The van der Waals surface area contributed by atoms with Gasteiger partial charge in [0.1, 0.15) is 0 Å². The Labute approximate surface area is 128 Å². The van der Waals surface area contributed by atoms with Crippen LogP contribution in [0, 0.1) is 5.92 Å². The van der Waals surface area contributed by atoms with E-state index in [9.17, 15) is 4.79 Å². The quantitative estimate of drug-likeness (QED) is 0.905. The van der Waals surface area contributed by atoms with Crippen molar-refractivity contribution in [2.24, 2.45) is 5.92 Å². The van der Waals surface area contributed by atoms with Crippen molar-refractivity contribution in [2.45, 2.75) is 51.9 Å². The summed E-state index contributed by atoms with van der Waals surface area (Å²) in [5.74, 6) is 0.764. The predicted octanol–water partition coefficient (Wildman–Crippen LogP) is 4.13. The van der Waals surface area contributed by atoms with E-state index in [-0.39, 0.29) is 11.3 Å². The number of nitrogens with one attached hydrogen (secondary N) is 1. The first-order valence-electron chi connectivity index (χ1n) is 7.94. The second kappa shape index (κ2) is 7.08. The average molecular weight is 289 g/mol. The van der Waals surface area contributed by atoms with E-state index in [0.29, 0.717) is 12.3 Å². The zero-order chi connectivity index (χ0) is 15.3. The third-order valence-corrected chi connectivity index (χ3v) is 4.13. The second-order valence-electron chi connectivity index (χ2n) is 6.94. The number of para-hydroxylation sites is 1. The summed E-state index contributed by atoms with van der Waals surface area (Å²) in [6.45, 7) is 8.19. The van der Waals surface area contributed by atoms with Crippen LogP contribution in [0.25, 0.3) is 0 Å². The fourth-order valence-electron chi connectivity index (χ4n) is 2.83. The van der Waals surface area contributed by atoms with Gasteiger partial charge in [0.15, 0.2) is 0 Å². The highest BCUT2D eigenvalue weighted by molar-refractivity contribution is 5.91. The Morgan fingerprint density at radius 3 is 2.57 bits per heavy atom. The molecule has 1 heterocycles. The molecule has 2 rings (SSSR count). The maximum Gasteiger partial charge on any atom is 0.224 e. The lowest BCUT2D eigenvalue weighted by Crippen LogP contribution is -2.20. The highest BCUT2D eigenvalue weighted by Crippen LogP contribution is 2.29. The van der Waals surface area contributed by atoms with Gasteiger partial charge in [-0.3, -0.25) is 4.79 Å². The summed E-state index contributed by atoms with van der Waals surface area (Å²) >= 11 is 0. The number of ether oxygens (including phenoxy) is 1. The topological polar surface area (TPSA) is 38.3 Å². The molecule has 0 bridgehead atoms. The first-order chi connectivity index (χ1) is 9.97. The molecule has 0 aliphatic carbocycles. The van der Waals surface area contributed by atoms with Crippen LogP contribution in [0.15, 0.2) is 24.3 Å². The van der Waals surface area contributed by atoms with Gasteiger partial charge in [0.25, 0.3) is 0 Å². The van der Waals surface area contributed by atoms with Gasteiger partial charge in [0.2, 0.25) is 5.91 Å². The van der Waals surface area contributed by atoms with E-state index in [1.807, 2.05) is 18.2 Å². The van der Waals surface area contributed by atoms with E-state index in [1.165, 1.54) is 5.56 Å². The van der Waals surface area contributed by atoms with E-state index >= 15 is 0 Å². The van der Waals surface area contributed by atoms with Crippen molar-refractivity contribution in [3.63, 3.8) is 0 Å². The van der Waals surface area contributed by atoms with Crippen molar-refractivity contribution < 1.29 is 9.53 Å². The van der Waals surface area contributed by atoms with Gasteiger partial charge in [0, 0.05) is 25.3 Å². The maximum atomic E-state index is 12.2. The van der Waals surface area contributed by atoms with Crippen molar-refractivity contribution in [1.82, 2.24) is 0 Å². The van der Waals surface area contributed by atoms with E-state index in [2.05, 4.69) is 32.2 Å². The molecule has 0 aromatic heterocycles. The molecule has 3 heteroatoms. The largest absolute Gasteiger partial charge is 0.381 e. The molecule has 1 aliphatic rings. The van der Waals surface area contributed by atoms with Gasteiger partial charge in [-0.25, -0.2) is 0 Å². The lowest BCUT2D eigenvalue weighted by Gasteiger charge is -2.24. The Bertz CT molecular complexity index is 470. The third-order valence-electron chi connectivity index (χ3n) is 4.13. The Morgan fingerprint density at radius 1 is 1.24 bits per heavy atom. The standard InChI is InChI=1S/C18H27NO2/c1-18(2,3)15-6-4-5-7-16(15)19-17(20)9-8-14-10-12-21-13-11-14/h4-7,14H,8-13H2,1-3H3,(H,19,20). The van der Waals surface area contributed by atoms with Gasteiger partial charge in [0.05, 0.1) is 0 Å². The molecule has 0 saturated carbocycles. The number of hydrogen-bond donors (Lipinski definition) is 1. The number of carbonyl (C=O) groups excluding carboxylic acids is 1. The molecule has 1 aliphatic heterocycles. The minimum absolute atomic E-state index is 0.0323. The van der Waals surface area contributed by atoms with Gasteiger partial charge in [-0.05, 0) is 42.2 Å². The highest BCUT2D eigenvalue weighted by atomic mass is 16.5. The fraction of sp³-hybridized carbons (Fsp3) is 0.611. The molecule has 1 amide bonds. The zero-order valence-electron chi connectivity index (χ0n) is 13.4. The van der Waals surface area contributed by atoms with Gasteiger partial charge >= 0.3 is 0 Å². The van der Waals surface area contributed by atoms with Crippen LogP contribution in [-0.4, -0.2) is 19.1 Å². The highest BCUT2D eigenvalue weighted by Gasteiger charge is 2.19. The Kier molecular flexibility index (Phi) is 5.40. The van der Waals surface area contributed by atoms with E-state index in [4.69, 9.17) is 4.74 Å². The van der Waals surface area contributed by atoms with Crippen LogP contribution < -0.4 is 5.32 Å². The summed E-state index contributed by atoms with van der Waals surface area (Å²) in [6, 6.07) is 8.09. The summed E-state index contributed by atoms with van der Waals surface area (Å²) in [5.41, 5.74) is 2.16. The lowest BCUT2D eigenvalue weighted by molar-refractivity contribution is -0.116. The molecule has 1 aromatic rings. The van der Waals surface area contributed by atoms with E-state index in [1.54, 1.807) is 0 Å². The first-order valence-corrected chi connectivity index (χ1v) is 7.94.